The zero-order valence-electron chi connectivity index (χ0n) is 18.0. The molecule has 0 fully saturated rings. The standard InChI is InChI=1S/C23H24N4O4S/c1-3-31-14-6-13-27-21(24)19(32(29,30)17-10-8-16(2)9-11-17)15-18-22(27)25-20-7-4-5-12-26(20)23(18)28/h4-5,7-12,15,24H,3,6,13-14H2,1-2H3/p+1. The van der Waals surface area contributed by atoms with Crippen molar-refractivity contribution in [1.82, 2.24) is 9.38 Å². The van der Waals surface area contributed by atoms with E-state index in [2.05, 4.69) is 4.98 Å². The second-order valence-corrected chi connectivity index (χ2v) is 9.41. The van der Waals surface area contributed by atoms with Crippen molar-refractivity contribution in [3.8, 4) is 0 Å². The lowest BCUT2D eigenvalue weighted by Crippen LogP contribution is -2.42. The van der Waals surface area contributed by atoms with Crippen molar-refractivity contribution in [2.75, 3.05) is 18.9 Å². The van der Waals surface area contributed by atoms with Crippen LogP contribution < -0.4 is 15.9 Å². The zero-order chi connectivity index (χ0) is 22.9. The van der Waals surface area contributed by atoms with Crippen LogP contribution in [0, 0.1) is 6.92 Å². The maximum Gasteiger partial charge on any atom is 0.278 e. The van der Waals surface area contributed by atoms with Crippen LogP contribution in [0.4, 0.5) is 5.82 Å². The summed E-state index contributed by atoms with van der Waals surface area (Å²) in [5, 5.41) is 0.185. The number of benzene rings is 1. The highest BCUT2D eigenvalue weighted by Gasteiger charge is 2.29. The van der Waals surface area contributed by atoms with E-state index in [0.29, 0.717) is 37.5 Å². The number of nitrogen functional groups attached to an aromatic ring is 1. The fraction of sp³-hybridized carbons (Fsp3) is 0.261. The van der Waals surface area contributed by atoms with E-state index in [1.807, 2.05) is 13.8 Å². The van der Waals surface area contributed by atoms with Gasteiger partial charge in [0.25, 0.3) is 11.2 Å². The van der Waals surface area contributed by atoms with Crippen LogP contribution in [-0.2, 0) is 21.1 Å². The van der Waals surface area contributed by atoms with Crippen LogP contribution in [0.15, 0.2) is 69.3 Å². The number of aromatic nitrogens is 3. The average molecular weight is 454 g/mol. The number of nitrogens with zero attached hydrogens (tertiary/aromatic N) is 3. The van der Waals surface area contributed by atoms with Crippen molar-refractivity contribution in [1.29, 1.82) is 0 Å². The molecule has 0 atom stereocenters. The number of hydrogen-bond donors (Lipinski definition) is 1. The molecular formula is C23H25N4O4S+. The highest BCUT2D eigenvalue weighted by molar-refractivity contribution is 7.91. The summed E-state index contributed by atoms with van der Waals surface area (Å²) >= 11 is 0. The van der Waals surface area contributed by atoms with Gasteiger partial charge in [-0.2, -0.15) is 0 Å². The SMILES string of the molecule is CCOCCC[n+]1c(N)c(S(=O)(=O)c2ccc(C)cc2)cc2c(=O)n3ccccc3nc21. The molecule has 3 aromatic heterocycles. The first kappa shape index (κ1) is 21.9. The molecule has 0 saturated heterocycles. The zero-order valence-corrected chi connectivity index (χ0v) is 18.8. The molecule has 8 nitrogen and oxygen atoms in total. The minimum absolute atomic E-state index is 0.0433. The fourth-order valence-electron chi connectivity index (χ4n) is 3.63. The number of rotatable bonds is 7. The minimum atomic E-state index is -3.96. The van der Waals surface area contributed by atoms with Crippen LogP contribution in [-0.4, -0.2) is 31.0 Å². The second-order valence-electron chi connectivity index (χ2n) is 7.50. The van der Waals surface area contributed by atoms with Crippen LogP contribution in [0.1, 0.15) is 18.9 Å². The predicted octanol–water partition coefficient (Wildman–Crippen LogP) is 2.29. The molecule has 0 radical (unpaired) electrons. The molecule has 0 bridgehead atoms. The van der Waals surface area contributed by atoms with Crippen LogP contribution in [0.2, 0.25) is 0 Å². The lowest BCUT2D eigenvalue weighted by atomic mass is 10.2. The number of ether oxygens (including phenoxy) is 1. The molecular weight excluding hydrogens is 428 g/mol. The number of nitrogens with two attached hydrogens (primary N) is 1. The van der Waals surface area contributed by atoms with Crippen molar-refractivity contribution in [3.05, 3.63) is 70.6 Å². The largest absolute Gasteiger partial charge is 0.382 e. The van der Waals surface area contributed by atoms with Crippen molar-refractivity contribution in [2.24, 2.45) is 0 Å². The van der Waals surface area contributed by atoms with Gasteiger partial charge in [-0.15, -0.1) is 0 Å². The molecule has 0 amide bonds. The van der Waals surface area contributed by atoms with Gasteiger partial charge >= 0.3 is 0 Å². The van der Waals surface area contributed by atoms with E-state index < -0.39 is 9.84 Å². The van der Waals surface area contributed by atoms with Gasteiger partial charge in [-0.05, 0) is 44.2 Å². The molecule has 32 heavy (non-hydrogen) atoms. The third kappa shape index (κ3) is 3.85. The second kappa shape index (κ2) is 8.68. The normalized spacial score (nSPS) is 11.9. The van der Waals surface area contributed by atoms with Gasteiger partial charge < -0.3 is 10.5 Å². The fourth-order valence-corrected chi connectivity index (χ4v) is 5.04. The van der Waals surface area contributed by atoms with E-state index >= 15 is 0 Å². The summed E-state index contributed by atoms with van der Waals surface area (Å²) < 4.78 is 35.3. The minimum Gasteiger partial charge on any atom is -0.382 e. The Morgan fingerprint density at radius 1 is 1.16 bits per heavy atom. The molecule has 1 aromatic carbocycles. The Labute approximate surface area is 185 Å². The lowest BCUT2D eigenvalue weighted by molar-refractivity contribution is -0.661. The third-order valence-electron chi connectivity index (χ3n) is 5.32. The average Bonchev–Trinajstić information content (AvgIpc) is 2.78. The number of hydrogen-bond acceptors (Lipinski definition) is 6. The van der Waals surface area contributed by atoms with Crippen LogP contribution in [0.3, 0.4) is 0 Å². The maximum absolute atomic E-state index is 13.5. The monoisotopic (exact) mass is 453 g/mol. The van der Waals surface area contributed by atoms with Gasteiger partial charge in [-0.25, -0.2) is 13.0 Å². The van der Waals surface area contributed by atoms with Crippen LogP contribution in [0.5, 0.6) is 0 Å². The summed E-state index contributed by atoms with van der Waals surface area (Å²) in [5.74, 6) is 0.0433. The Morgan fingerprint density at radius 2 is 1.91 bits per heavy atom. The summed E-state index contributed by atoms with van der Waals surface area (Å²) in [5.41, 5.74) is 7.79. The van der Waals surface area contributed by atoms with Gasteiger partial charge in [0.15, 0.2) is 0 Å². The molecule has 0 aliphatic heterocycles. The number of aryl methyl sites for hydroxylation is 2. The Balaban J connectivity index is 2.00. The Hall–Kier alpha value is -3.30. The van der Waals surface area contributed by atoms with Crippen LogP contribution >= 0.6 is 0 Å². The first-order valence-electron chi connectivity index (χ1n) is 10.4. The third-order valence-corrected chi connectivity index (χ3v) is 7.12. The van der Waals surface area contributed by atoms with E-state index in [0.717, 1.165) is 5.56 Å². The highest BCUT2D eigenvalue weighted by Crippen LogP contribution is 2.26. The number of pyridine rings is 2. The molecule has 0 spiro atoms. The Kier molecular flexibility index (Phi) is 5.94. The number of fused-ring (bicyclic) bond motifs is 2. The van der Waals surface area contributed by atoms with Gasteiger partial charge in [-0.1, -0.05) is 28.7 Å². The van der Waals surface area contributed by atoms with Gasteiger partial charge in [0, 0.05) is 25.8 Å². The van der Waals surface area contributed by atoms with Crippen molar-refractivity contribution >= 4 is 32.3 Å². The molecule has 4 aromatic rings. The van der Waals surface area contributed by atoms with Gasteiger partial charge in [0.2, 0.25) is 21.3 Å². The van der Waals surface area contributed by atoms with E-state index in [9.17, 15) is 13.2 Å². The van der Waals surface area contributed by atoms with Crippen molar-refractivity contribution in [3.63, 3.8) is 0 Å². The summed E-state index contributed by atoms with van der Waals surface area (Å²) in [6, 6.07) is 13.1. The molecule has 166 valence electrons. The molecule has 3 heterocycles. The maximum atomic E-state index is 13.5. The van der Waals surface area contributed by atoms with E-state index in [-0.39, 0.29) is 26.6 Å². The van der Waals surface area contributed by atoms with Gasteiger partial charge in [-0.3, -0.25) is 9.20 Å². The summed E-state index contributed by atoms with van der Waals surface area (Å²) in [6.45, 7) is 5.19. The van der Waals surface area contributed by atoms with Gasteiger partial charge in [0.05, 0.1) is 11.4 Å². The van der Waals surface area contributed by atoms with E-state index in [1.54, 1.807) is 53.2 Å². The van der Waals surface area contributed by atoms with E-state index in [1.165, 1.54) is 10.5 Å². The Morgan fingerprint density at radius 3 is 2.62 bits per heavy atom. The predicted molar refractivity (Wildman–Crippen MR) is 121 cm³/mol. The first-order valence-corrected chi connectivity index (χ1v) is 11.9. The molecule has 9 heteroatoms. The number of sulfone groups is 1. The first-order chi connectivity index (χ1) is 15.3. The van der Waals surface area contributed by atoms with Crippen molar-refractivity contribution in [2.45, 2.75) is 36.6 Å². The van der Waals surface area contributed by atoms with Crippen molar-refractivity contribution < 1.29 is 17.7 Å². The smallest absolute Gasteiger partial charge is 0.278 e. The highest BCUT2D eigenvalue weighted by atomic mass is 32.2. The molecule has 0 aliphatic carbocycles. The number of anilines is 1. The van der Waals surface area contributed by atoms with Gasteiger partial charge in [0.1, 0.15) is 10.3 Å². The quantitative estimate of drug-likeness (QED) is 0.261. The lowest BCUT2D eigenvalue weighted by Gasteiger charge is -2.13. The topological polar surface area (TPSA) is 108 Å². The van der Waals surface area contributed by atoms with Crippen LogP contribution in [0.25, 0.3) is 16.7 Å². The molecule has 4 rings (SSSR count). The Bertz CT molecular complexity index is 1460. The summed E-state index contributed by atoms with van der Waals surface area (Å²) in [6.07, 6.45) is 2.19. The molecule has 2 N–H and O–H groups in total. The molecule has 0 unspecified atom stereocenters. The van der Waals surface area contributed by atoms with E-state index in [4.69, 9.17) is 10.5 Å². The summed E-state index contributed by atoms with van der Waals surface area (Å²) in [7, 11) is -3.96. The summed E-state index contributed by atoms with van der Waals surface area (Å²) in [4.78, 5) is 17.9. The molecule has 0 aliphatic rings. The molecule has 0 saturated carbocycles.